The van der Waals surface area contributed by atoms with Crippen LogP contribution in [0.3, 0.4) is 0 Å². The van der Waals surface area contributed by atoms with E-state index in [2.05, 4.69) is 30.1 Å². The summed E-state index contributed by atoms with van der Waals surface area (Å²) in [5.74, 6) is 0.807. The zero-order valence-electron chi connectivity index (χ0n) is 16.2. The summed E-state index contributed by atoms with van der Waals surface area (Å²) in [4.78, 5) is 27.0. The molecule has 1 heterocycles. The van der Waals surface area contributed by atoms with Gasteiger partial charge in [-0.2, -0.15) is 0 Å². The highest BCUT2D eigenvalue weighted by molar-refractivity contribution is 5.98. The summed E-state index contributed by atoms with van der Waals surface area (Å²) in [6, 6.07) is 6.16. The molecule has 1 aliphatic carbocycles. The summed E-state index contributed by atoms with van der Waals surface area (Å²) < 4.78 is 0. The van der Waals surface area contributed by atoms with E-state index >= 15 is 0 Å². The maximum absolute atomic E-state index is 12.4. The molecule has 3 rings (SSSR count). The fraction of sp³-hybridized carbons (Fsp3) is 0.636. The minimum absolute atomic E-state index is 0.0166. The van der Waals surface area contributed by atoms with Crippen molar-refractivity contribution in [3.8, 4) is 0 Å². The Morgan fingerprint density at radius 2 is 2.00 bits per heavy atom. The van der Waals surface area contributed by atoms with Gasteiger partial charge >= 0.3 is 0 Å². The molecule has 142 valence electrons. The molecule has 0 aromatic heterocycles. The predicted molar refractivity (Wildman–Crippen MR) is 104 cm³/mol. The van der Waals surface area contributed by atoms with E-state index < -0.39 is 0 Å². The van der Waals surface area contributed by atoms with Gasteiger partial charge in [0.25, 0.3) is 0 Å². The fourth-order valence-corrected chi connectivity index (χ4v) is 4.35. The summed E-state index contributed by atoms with van der Waals surface area (Å²) >= 11 is 0. The third-order valence-electron chi connectivity index (χ3n) is 5.68. The fourth-order valence-electron chi connectivity index (χ4n) is 4.35. The van der Waals surface area contributed by atoms with Crippen molar-refractivity contribution in [1.29, 1.82) is 0 Å². The average Bonchev–Trinajstić information content (AvgIpc) is 3.07. The summed E-state index contributed by atoms with van der Waals surface area (Å²) in [6.45, 7) is 7.49. The summed E-state index contributed by atoms with van der Waals surface area (Å²) in [5, 5.41) is 3.06. The second-order valence-electron chi connectivity index (χ2n) is 8.24. The number of hydrogen-bond acceptors (Lipinski definition) is 3. The van der Waals surface area contributed by atoms with E-state index in [0.717, 1.165) is 44.0 Å². The first-order valence-corrected chi connectivity index (χ1v) is 10.2. The van der Waals surface area contributed by atoms with E-state index in [1.807, 2.05) is 12.1 Å². The number of rotatable bonds is 7. The van der Waals surface area contributed by atoms with Gasteiger partial charge in [0.2, 0.25) is 5.91 Å². The van der Waals surface area contributed by atoms with Crippen LogP contribution in [0.5, 0.6) is 0 Å². The Balaban J connectivity index is 1.41. The van der Waals surface area contributed by atoms with Gasteiger partial charge < -0.3 is 10.2 Å². The normalized spacial score (nSPS) is 21.2. The third-order valence-corrected chi connectivity index (χ3v) is 5.68. The van der Waals surface area contributed by atoms with Crippen molar-refractivity contribution in [1.82, 2.24) is 10.2 Å². The molecule has 26 heavy (non-hydrogen) atoms. The van der Waals surface area contributed by atoms with Crippen LogP contribution in [0.1, 0.15) is 67.4 Å². The molecule has 2 atom stereocenters. The Morgan fingerprint density at radius 3 is 2.81 bits per heavy atom. The molecule has 1 aliphatic heterocycles. The van der Waals surface area contributed by atoms with E-state index in [-0.39, 0.29) is 30.6 Å². The first kappa shape index (κ1) is 19.1. The molecular formula is C22H32N2O2. The third kappa shape index (κ3) is 5.16. The predicted octanol–water partition coefficient (Wildman–Crippen LogP) is 3.37. The molecule has 4 heteroatoms. The number of nitrogens with one attached hydrogen (secondary N) is 1. The monoisotopic (exact) mass is 356 g/mol. The van der Waals surface area contributed by atoms with Gasteiger partial charge in [-0.1, -0.05) is 19.1 Å². The van der Waals surface area contributed by atoms with Crippen molar-refractivity contribution in [2.45, 2.75) is 64.8 Å². The molecule has 2 unspecified atom stereocenters. The Labute approximate surface area is 157 Å². The highest BCUT2D eigenvalue weighted by Gasteiger charge is 2.19. The number of Topliss-reactive ketones (excluding diaryl/α,β-unsaturated/α-hetero) is 1. The SMILES string of the molecule is CC1CCCN(CC(C)NC(=O)CCC(=O)c2ccc3c(c2)CCC3)C1. The zero-order valence-corrected chi connectivity index (χ0v) is 16.2. The van der Waals surface area contributed by atoms with Crippen LogP contribution in [0.4, 0.5) is 0 Å². The Kier molecular flexibility index (Phi) is 6.47. The van der Waals surface area contributed by atoms with E-state index in [4.69, 9.17) is 0 Å². The number of aryl methyl sites for hydroxylation is 2. The lowest BCUT2D eigenvalue weighted by atomic mass is 10.00. The number of fused-ring (bicyclic) bond motifs is 1. The number of benzene rings is 1. The molecule has 1 saturated heterocycles. The lowest BCUT2D eigenvalue weighted by Crippen LogP contribution is -2.45. The molecule has 4 nitrogen and oxygen atoms in total. The van der Waals surface area contributed by atoms with Crippen LogP contribution in [-0.4, -0.2) is 42.3 Å². The van der Waals surface area contributed by atoms with Gasteiger partial charge in [0.05, 0.1) is 0 Å². The Hall–Kier alpha value is -1.68. The number of likely N-dealkylation sites (tertiary alicyclic amines) is 1. The lowest BCUT2D eigenvalue weighted by molar-refractivity contribution is -0.121. The van der Waals surface area contributed by atoms with E-state index in [1.165, 1.54) is 30.4 Å². The number of ketones is 1. The van der Waals surface area contributed by atoms with Crippen LogP contribution in [-0.2, 0) is 17.6 Å². The standard InChI is InChI=1S/C22H32N2O2/c1-16-5-4-12-24(14-16)15-17(2)23-22(26)11-10-21(25)20-9-8-18-6-3-7-19(18)13-20/h8-9,13,16-17H,3-7,10-12,14-15H2,1-2H3,(H,23,26). The molecule has 1 amide bonds. The van der Waals surface area contributed by atoms with Crippen molar-refractivity contribution in [2.75, 3.05) is 19.6 Å². The number of carbonyl (C=O) groups is 2. The molecule has 2 aliphatic rings. The van der Waals surface area contributed by atoms with Gasteiger partial charge in [0, 0.05) is 37.5 Å². The van der Waals surface area contributed by atoms with Crippen molar-refractivity contribution in [3.63, 3.8) is 0 Å². The van der Waals surface area contributed by atoms with Gasteiger partial charge in [-0.3, -0.25) is 9.59 Å². The van der Waals surface area contributed by atoms with Gasteiger partial charge in [-0.05, 0) is 68.7 Å². The lowest BCUT2D eigenvalue weighted by Gasteiger charge is -2.32. The highest BCUT2D eigenvalue weighted by Crippen LogP contribution is 2.23. The molecule has 1 N–H and O–H groups in total. The maximum Gasteiger partial charge on any atom is 0.220 e. The van der Waals surface area contributed by atoms with Crippen molar-refractivity contribution < 1.29 is 9.59 Å². The second kappa shape index (κ2) is 8.81. The molecule has 0 bridgehead atoms. The first-order chi connectivity index (χ1) is 12.5. The molecule has 0 saturated carbocycles. The van der Waals surface area contributed by atoms with Crippen LogP contribution in [0.15, 0.2) is 18.2 Å². The maximum atomic E-state index is 12.4. The van der Waals surface area contributed by atoms with Crippen molar-refractivity contribution in [2.24, 2.45) is 5.92 Å². The van der Waals surface area contributed by atoms with Crippen LogP contribution in [0.25, 0.3) is 0 Å². The van der Waals surface area contributed by atoms with Crippen LogP contribution >= 0.6 is 0 Å². The summed E-state index contributed by atoms with van der Waals surface area (Å²) in [5.41, 5.74) is 3.44. The Bertz CT molecular complexity index is 656. The Morgan fingerprint density at radius 1 is 1.19 bits per heavy atom. The first-order valence-electron chi connectivity index (χ1n) is 10.2. The summed E-state index contributed by atoms with van der Waals surface area (Å²) in [7, 11) is 0. The van der Waals surface area contributed by atoms with Crippen LogP contribution < -0.4 is 5.32 Å². The number of piperidine rings is 1. The van der Waals surface area contributed by atoms with Crippen LogP contribution in [0, 0.1) is 5.92 Å². The van der Waals surface area contributed by atoms with E-state index in [1.54, 1.807) is 0 Å². The molecule has 1 aromatic rings. The number of hydrogen-bond donors (Lipinski definition) is 1. The van der Waals surface area contributed by atoms with Crippen molar-refractivity contribution in [3.05, 3.63) is 34.9 Å². The second-order valence-corrected chi connectivity index (χ2v) is 8.24. The molecular weight excluding hydrogens is 324 g/mol. The number of amides is 1. The molecule has 0 radical (unpaired) electrons. The molecule has 1 aromatic carbocycles. The smallest absolute Gasteiger partial charge is 0.220 e. The largest absolute Gasteiger partial charge is 0.352 e. The topological polar surface area (TPSA) is 49.4 Å². The number of nitrogens with zero attached hydrogens (tertiary/aromatic N) is 1. The van der Waals surface area contributed by atoms with Gasteiger partial charge in [-0.25, -0.2) is 0 Å². The quantitative estimate of drug-likeness (QED) is 0.762. The van der Waals surface area contributed by atoms with Crippen LogP contribution in [0.2, 0.25) is 0 Å². The zero-order chi connectivity index (χ0) is 18.5. The molecule has 0 spiro atoms. The molecule has 1 fully saturated rings. The van der Waals surface area contributed by atoms with E-state index in [0.29, 0.717) is 0 Å². The van der Waals surface area contributed by atoms with Gasteiger partial charge in [0.1, 0.15) is 0 Å². The summed E-state index contributed by atoms with van der Waals surface area (Å²) in [6.07, 6.45) is 6.50. The number of carbonyl (C=O) groups excluding carboxylic acids is 2. The van der Waals surface area contributed by atoms with Gasteiger partial charge in [0.15, 0.2) is 5.78 Å². The van der Waals surface area contributed by atoms with Gasteiger partial charge in [-0.15, -0.1) is 0 Å². The minimum atomic E-state index is -0.0166. The highest BCUT2D eigenvalue weighted by atomic mass is 16.2. The average molecular weight is 357 g/mol. The van der Waals surface area contributed by atoms with E-state index in [9.17, 15) is 9.59 Å². The minimum Gasteiger partial charge on any atom is -0.352 e. The van der Waals surface area contributed by atoms with Crippen molar-refractivity contribution >= 4 is 11.7 Å².